The van der Waals surface area contributed by atoms with Crippen LogP contribution in [0.1, 0.15) is 18.1 Å². The number of benzene rings is 3. The molecule has 0 atom stereocenters. The zero-order chi connectivity index (χ0) is 21.1. The topological polar surface area (TPSA) is 58.6 Å². The van der Waals surface area contributed by atoms with Crippen molar-refractivity contribution in [1.29, 1.82) is 0 Å². The van der Waals surface area contributed by atoms with Crippen molar-refractivity contribution < 1.29 is 14.3 Å². The summed E-state index contributed by atoms with van der Waals surface area (Å²) in [7, 11) is 1.55. The van der Waals surface area contributed by atoms with Crippen molar-refractivity contribution in [2.75, 3.05) is 17.3 Å². The third-order valence-electron chi connectivity index (χ3n) is 5.11. The van der Waals surface area contributed by atoms with Gasteiger partial charge in [-0.3, -0.25) is 9.59 Å². The summed E-state index contributed by atoms with van der Waals surface area (Å²) < 4.78 is 5.47. The van der Waals surface area contributed by atoms with Crippen LogP contribution < -0.4 is 15.0 Å². The Hall–Kier alpha value is -3.86. The largest absolute Gasteiger partial charge is 0.496 e. The molecular weight excluding hydrogens is 376 g/mol. The molecule has 0 saturated heterocycles. The first-order chi connectivity index (χ1) is 14.6. The SMILES string of the molecule is CCc1ccc(N2C(=O)C(Nc3ccccc3)=C(c3ccccc3OC)C2=O)cc1. The molecule has 3 aromatic rings. The maximum Gasteiger partial charge on any atom is 0.282 e. The third kappa shape index (κ3) is 3.46. The van der Waals surface area contributed by atoms with Gasteiger partial charge in [-0.15, -0.1) is 0 Å². The van der Waals surface area contributed by atoms with Gasteiger partial charge < -0.3 is 10.1 Å². The van der Waals surface area contributed by atoms with Crippen molar-refractivity contribution in [2.45, 2.75) is 13.3 Å². The van der Waals surface area contributed by atoms with Crippen molar-refractivity contribution in [1.82, 2.24) is 0 Å². The van der Waals surface area contributed by atoms with Gasteiger partial charge in [0.15, 0.2) is 0 Å². The summed E-state index contributed by atoms with van der Waals surface area (Å²) in [6.07, 6.45) is 0.883. The summed E-state index contributed by atoms with van der Waals surface area (Å²) >= 11 is 0. The van der Waals surface area contributed by atoms with E-state index in [2.05, 4.69) is 12.2 Å². The number of ether oxygens (including phenoxy) is 1. The van der Waals surface area contributed by atoms with Crippen LogP contribution in [0.4, 0.5) is 11.4 Å². The summed E-state index contributed by atoms with van der Waals surface area (Å²) in [6.45, 7) is 2.06. The molecule has 0 radical (unpaired) electrons. The number of nitrogens with one attached hydrogen (secondary N) is 1. The Kier molecular flexibility index (Phi) is 5.35. The molecule has 0 fully saturated rings. The molecule has 1 heterocycles. The molecule has 0 bridgehead atoms. The first kappa shape index (κ1) is 19.5. The fourth-order valence-electron chi connectivity index (χ4n) is 3.53. The number of anilines is 2. The standard InChI is InChI=1S/C25H22N2O3/c1-3-17-13-15-19(16-14-17)27-24(28)22(20-11-7-8-12-21(20)30-2)23(25(27)29)26-18-9-5-4-6-10-18/h4-16,26H,3H2,1-2H3. The van der Waals surface area contributed by atoms with E-state index in [1.54, 1.807) is 31.4 Å². The van der Waals surface area contributed by atoms with Crippen molar-refractivity contribution in [3.8, 4) is 5.75 Å². The van der Waals surface area contributed by atoms with Gasteiger partial charge in [-0.05, 0) is 42.3 Å². The number of hydrogen-bond donors (Lipinski definition) is 1. The van der Waals surface area contributed by atoms with Crippen molar-refractivity contribution in [3.05, 3.63) is 95.7 Å². The number of carbonyl (C=O) groups is 2. The zero-order valence-corrected chi connectivity index (χ0v) is 16.9. The van der Waals surface area contributed by atoms with Crippen LogP contribution in [0.3, 0.4) is 0 Å². The average molecular weight is 398 g/mol. The molecule has 4 rings (SSSR count). The Labute approximate surface area is 175 Å². The normalized spacial score (nSPS) is 13.7. The van der Waals surface area contributed by atoms with Gasteiger partial charge in [-0.2, -0.15) is 0 Å². The Morgan fingerprint density at radius 3 is 2.17 bits per heavy atom. The molecule has 5 nitrogen and oxygen atoms in total. The van der Waals surface area contributed by atoms with E-state index in [0.29, 0.717) is 22.6 Å². The van der Waals surface area contributed by atoms with E-state index in [-0.39, 0.29) is 11.6 Å². The quantitative estimate of drug-likeness (QED) is 0.614. The smallest absolute Gasteiger partial charge is 0.282 e. The summed E-state index contributed by atoms with van der Waals surface area (Å²) in [4.78, 5) is 28.1. The van der Waals surface area contributed by atoms with Gasteiger partial charge in [0.05, 0.1) is 18.4 Å². The second kappa shape index (κ2) is 8.25. The minimum atomic E-state index is -0.394. The molecule has 1 aliphatic rings. The van der Waals surface area contributed by atoms with Crippen molar-refractivity contribution in [2.24, 2.45) is 0 Å². The van der Waals surface area contributed by atoms with Crippen LogP contribution in [0.5, 0.6) is 5.75 Å². The highest BCUT2D eigenvalue weighted by Gasteiger charge is 2.41. The maximum absolute atomic E-state index is 13.5. The predicted octanol–water partition coefficient (Wildman–Crippen LogP) is 4.65. The maximum atomic E-state index is 13.5. The minimum Gasteiger partial charge on any atom is -0.496 e. The Morgan fingerprint density at radius 2 is 1.50 bits per heavy atom. The van der Waals surface area contributed by atoms with Gasteiger partial charge in [-0.25, -0.2) is 4.90 Å². The number of imide groups is 1. The van der Waals surface area contributed by atoms with Crippen LogP contribution in [0, 0.1) is 0 Å². The number of amides is 2. The van der Waals surface area contributed by atoms with Crippen molar-refractivity contribution in [3.63, 3.8) is 0 Å². The lowest BCUT2D eigenvalue weighted by Crippen LogP contribution is -2.32. The summed E-state index contributed by atoms with van der Waals surface area (Å²) in [5, 5.41) is 3.16. The molecule has 30 heavy (non-hydrogen) atoms. The van der Waals surface area contributed by atoms with E-state index in [9.17, 15) is 9.59 Å². The first-order valence-electron chi connectivity index (χ1n) is 9.81. The number of rotatable bonds is 6. The van der Waals surface area contributed by atoms with E-state index < -0.39 is 5.91 Å². The second-order valence-corrected chi connectivity index (χ2v) is 6.91. The molecule has 0 aliphatic carbocycles. The molecular formula is C25H22N2O3. The van der Waals surface area contributed by atoms with Crippen LogP contribution in [0.2, 0.25) is 0 Å². The van der Waals surface area contributed by atoms with E-state index in [1.165, 1.54) is 4.90 Å². The molecule has 0 spiro atoms. The van der Waals surface area contributed by atoms with Gasteiger partial charge >= 0.3 is 0 Å². The monoisotopic (exact) mass is 398 g/mol. The summed E-state index contributed by atoms with van der Waals surface area (Å²) in [6, 6.07) is 24.0. The number of carbonyl (C=O) groups excluding carboxylic acids is 2. The average Bonchev–Trinajstić information content (AvgIpc) is 3.03. The Morgan fingerprint density at radius 1 is 0.833 bits per heavy atom. The number of aryl methyl sites for hydroxylation is 1. The number of para-hydroxylation sites is 2. The molecule has 0 unspecified atom stereocenters. The van der Waals surface area contributed by atoms with Gasteiger partial charge in [0, 0.05) is 11.3 Å². The lowest BCUT2D eigenvalue weighted by atomic mass is 10.0. The zero-order valence-electron chi connectivity index (χ0n) is 16.9. The van der Waals surface area contributed by atoms with Gasteiger partial charge in [0.25, 0.3) is 11.8 Å². The van der Waals surface area contributed by atoms with E-state index in [4.69, 9.17) is 4.74 Å². The lowest BCUT2D eigenvalue weighted by molar-refractivity contribution is -0.120. The highest BCUT2D eigenvalue weighted by molar-refractivity contribution is 6.46. The lowest BCUT2D eigenvalue weighted by Gasteiger charge is -2.16. The Balaban J connectivity index is 1.83. The molecule has 2 amide bonds. The minimum absolute atomic E-state index is 0.232. The molecule has 1 aliphatic heterocycles. The highest BCUT2D eigenvalue weighted by Crippen LogP contribution is 2.37. The van der Waals surface area contributed by atoms with Crippen molar-refractivity contribution >= 4 is 28.8 Å². The Bertz CT molecular complexity index is 1120. The fourth-order valence-corrected chi connectivity index (χ4v) is 3.53. The molecule has 0 aromatic heterocycles. The second-order valence-electron chi connectivity index (χ2n) is 6.91. The summed E-state index contributed by atoms with van der Waals surface area (Å²) in [5.41, 5.74) is 3.50. The highest BCUT2D eigenvalue weighted by atomic mass is 16.5. The van der Waals surface area contributed by atoms with Crippen LogP contribution >= 0.6 is 0 Å². The molecule has 3 aromatic carbocycles. The number of hydrogen-bond acceptors (Lipinski definition) is 4. The molecule has 150 valence electrons. The van der Waals surface area contributed by atoms with Crippen LogP contribution in [-0.4, -0.2) is 18.9 Å². The van der Waals surface area contributed by atoms with E-state index >= 15 is 0 Å². The first-order valence-corrected chi connectivity index (χ1v) is 9.81. The molecule has 1 N–H and O–H groups in total. The number of methoxy groups -OCH3 is 1. The molecule has 5 heteroatoms. The van der Waals surface area contributed by atoms with Crippen LogP contribution in [-0.2, 0) is 16.0 Å². The van der Waals surface area contributed by atoms with E-state index in [1.807, 2.05) is 54.6 Å². The third-order valence-corrected chi connectivity index (χ3v) is 5.11. The van der Waals surface area contributed by atoms with Crippen LogP contribution in [0.15, 0.2) is 84.6 Å². The fraction of sp³-hybridized carbons (Fsp3) is 0.120. The van der Waals surface area contributed by atoms with Gasteiger partial charge in [0.1, 0.15) is 11.4 Å². The molecule has 0 saturated carbocycles. The summed E-state index contributed by atoms with van der Waals surface area (Å²) in [5.74, 6) is -0.245. The predicted molar refractivity (Wildman–Crippen MR) is 118 cm³/mol. The van der Waals surface area contributed by atoms with Gasteiger partial charge in [-0.1, -0.05) is 55.5 Å². The van der Waals surface area contributed by atoms with E-state index in [0.717, 1.165) is 17.7 Å². The number of nitrogens with zero attached hydrogens (tertiary/aromatic N) is 1. The van der Waals surface area contributed by atoms with Crippen LogP contribution in [0.25, 0.3) is 5.57 Å². The van der Waals surface area contributed by atoms with Gasteiger partial charge in [0.2, 0.25) is 0 Å².